The van der Waals surface area contributed by atoms with Gasteiger partial charge in [-0.2, -0.15) is 5.26 Å². The van der Waals surface area contributed by atoms with E-state index in [0.717, 1.165) is 21.7 Å². The summed E-state index contributed by atoms with van der Waals surface area (Å²) in [5.41, 5.74) is 3.45. The van der Waals surface area contributed by atoms with E-state index in [1.165, 1.54) is 0 Å². The molecule has 0 aliphatic carbocycles. The number of ether oxygens (including phenoxy) is 2. The topological polar surface area (TPSA) is 82.9 Å². The van der Waals surface area contributed by atoms with E-state index in [4.69, 9.17) is 9.47 Å². The fourth-order valence-corrected chi connectivity index (χ4v) is 3.65. The highest BCUT2D eigenvalue weighted by Crippen LogP contribution is 2.30. The smallest absolute Gasteiger partial charge is 0.271 e. The third-order valence-corrected chi connectivity index (χ3v) is 5.62. The van der Waals surface area contributed by atoms with Crippen LogP contribution < -0.4 is 14.4 Å². The van der Waals surface area contributed by atoms with Crippen molar-refractivity contribution in [2.24, 2.45) is 0 Å². The van der Waals surface area contributed by atoms with Gasteiger partial charge in [-0.1, -0.05) is 18.2 Å². The van der Waals surface area contributed by atoms with Crippen molar-refractivity contribution < 1.29 is 19.1 Å². The molecule has 0 fully saturated rings. The first-order chi connectivity index (χ1) is 15.8. The number of amides is 2. The molecule has 1 aliphatic heterocycles. The van der Waals surface area contributed by atoms with E-state index in [9.17, 15) is 14.9 Å². The Bertz CT molecular complexity index is 1170. The summed E-state index contributed by atoms with van der Waals surface area (Å²) < 4.78 is 10.6. The highest BCUT2D eigenvalue weighted by Gasteiger charge is 2.35. The number of hydrogen-bond donors (Lipinski definition) is 0. The Labute approximate surface area is 194 Å². The number of rotatable bonds is 7. The minimum atomic E-state index is -0.569. The molecule has 1 aliphatic rings. The van der Waals surface area contributed by atoms with Crippen molar-refractivity contribution >= 4 is 23.6 Å². The van der Waals surface area contributed by atoms with Gasteiger partial charge in [0.25, 0.3) is 11.8 Å². The van der Waals surface area contributed by atoms with Crippen LogP contribution in [0.15, 0.2) is 59.2 Å². The highest BCUT2D eigenvalue weighted by molar-refractivity contribution is 6.19. The molecule has 0 bridgehead atoms. The largest absolute Gasteiger partial charge is 0.493 e. The van der Waals surface area contributed by atoms with Crippen LogP contribution in [0.4, 0.5) is 5.69 Å². The average molecular weight is 446 g/mol. The number of anilines is 1. The Hall–Kier alpha value is -4.05. The zero-order chi connectivity index (χ0) is 24.1. The van der Waals surface area contributed by atoms with Gasteiger partial charge in [0, 0.05) is 31.9 Å². The van der Waals surface area contributed by atoms with Crippen LogP contribution in [-0.2, 0) is 16.0 Å². The number of hydrogen-bond acceptors (Lipinski definition) is 6. The lowest BCUT2D eigenvalue weighted by molar-refractivity contribution is -0.140. The molecule has 0 N–H and O–H groups in total. The minimum Gasteiger partial charge on any atom is -0.493 e. The summed E-state index contributed by atoms with van der Waals surface area (Å²) in [7, 11) is 7.01. The van der Waals surface area contributed by atoms with Crippen molar-refractivity contribution in [2.45, 2.75) is 13.3 Å². The molecule has 0 saturated carbocycles. The Morgan fingerprint density at radius 2 is 1.67 bits per heavy atom. The first kappa shape index (κ1) is 23.6. The van der Waals surface area contributed by atoms with E-state index in [-0.39, 0.29) is 12.1 Å². The molecule has 2 aromatic carbocycles. The number of benzene rings is 2. The average Bonchev–Trinajstić information content (AvgIpc) is 2.82. The summed E-state index contributed by atoms with van der Waals surface area (Å²) in [5, 5.41) is 9.60. The van der Waals surface area contributed by atoms with Crippen LogP contribution >= 0.6 is 0 Å². The Kier molecular flexibility index (Phi) is 7.19. The molecule has 0 unspecified atom stereocenters. The highest BCUT2D eigenvalue weighted by atomic mass is 16.5. The van der Waals surface area contributed by atoms with Gasteiger partial charge in [0.1, 0.15) is 11.6 Å². The number of imide groups is 1. The lowest BCUT2D eigenvalue weighted by atomic mass is 9.93. The van der Waals surface area contributed by atoms with Crippen LogP contribution in [0.3, 0.4) is 0 Å². The van der Waals surface area contributed by atoms with E-state index < -0.39 is 11.8 Å². The zero-order valence-electron chi connectivity index (χ0n) is 19.5. The van der Waals surface area contributed by atoms with Gasteiger partial charge in [-0.05, 0) is 60.4 Å². The van der Waals surface area contributed by atoms with E-state index in [2.05, 4.69) is 0 Å². The molecular formula is C26H27N3O4. The number of nitriles is 1. The van der Waals surface area contributed by atoms with Crippen LogP contribution in [0.5, 0.6) is 11.5 Å². The van der Waals surface area contributed by atoms with Crippen LogP contribution in [0, 0.1) is 11.3 Å². The summed E-state index contributed by atoms with van der Waals surface area (Å²) in [5.74, 6) is 0.193. The van der Waals surface area contributed by atoms with Crippen molar-refractivity contribution in [1.82, 2.24) is 4.90 Å². The SMILES string of the molecule is COc1ccc(CCN2C(=O)C(C#N)=C(C)/C(=C\c3ccc(N(C)C)cc3)C2=O)cc1OC. The van der Waals surface area contributed by atoms with E-state index in [0.29, 0.717) is 29.1 Å². The molecule has 1 heterocycles. The predicted octanol–water partition coefficient (Wildman–Crippen LogP) is 3.60. The van der Waals surface area contributed by atoms with Gasteiger partial charge in [0.05, 0.1) is 14.2 Å². The van der Waals surface area contributed by atoms with E-state index >= 15 is 0 Å². The van der Waals surface area contributed by atoms with Crippen molar-refractivity contribution in [3.63, 3.8) is 0 Å². The number of nitrogens with zero attached hydrogens (tertiary/aromatic N) is 3. The standard InChI is InChI=1S/C26H27N3O4/c1-17-21(14-18-6-9-20(10-7-18)28(2)3)25(30)29(26(31)22(17)16-27)13-12-19-8-11-23(32-4)24(15-19)33-5/h6-11,14-15H,12-13H2,1-5H3/b21-14+. The molecule has 0 aromatic heterocycles. The normalized spacial score (nSPS) is 15.0. The van der Waals surface area contributed by atoms with Crippen molar-refractivity contribution in [3.05, 3.63) is 70.3 Å². The predicted molar refractivity (Wildman–Crippen MR) is 127 cm³/mol. The second kappa shape index (κ2) is 10.0. The van der Waals surface area contributed by atoms with Crippen LogP contribution in [-0.4, -0.2) is 51.6 Å². The molecule has 0 radical (unpaired) electrons. The summed E-state index contributed by atoms with van der Waals surface area (Å²) >= 11 is 0. The van der Waals surface area contributed by atoms with Crippen LogP contribution in [0.25, 0.3) is 6.08 Å². The fourth-order valence-electron chi connectivity index (χ4n) is 3.65. The lowest BCUT2D eigenvalue weighted by Gasteiger charge is -2.27. The van der Waals surface area contributed by atoms with Crippen LogP contribution in [0.1, 0.15) is 18.1 Å². The molecule has 7 nitrogen and oxygen atoms in total. The molecule has 2 amide bonds. The summed E-state index contributed by atoms with van der Waals surface area (Å²) in [6, 6.07) is 15.1. The third kappa shape index (κ3) is 4.90. The molecule has 0 saturated heterocycles. The number of carbonyl (C=O) groups excluding carboxylic acids is 2. The molecule has 7 heteroatoms. The Balaban J connectivity index is 1.90. The first-order valence-electron chi connectivity index (χ1n) is 10.5. The molecule has 170 valence electrons. The van der Waals surface area contributed by atoms with E-state index in [1.807, 2.05) is 61.5 Å². The fraction of sp³-hybridized carbons (Fsp3) is 0.269. The summed E-state index contributed by atoms with van der Waals surface area (Å²) in [6.45, 7) is 1.78. The summed E-state index contributed by atoms with van der Waals surface area (Å²) in [4.78, 5) is 29.3. The second-order valence-corrected chi connectivity index (χ2v) is 7.86. The van der Waals surface area contributed by atoms with Gasteiger partial charge >= 0.3 is 0 Å². The third-order valence-electron chi connectivity index (χ3n) is 5.62. The molecule has 33 heavy (non-hydrogen) atoms. The molecular weight excluding hydrogens is 418 g/mol. The minimum absolute atomic E-state index is 0.0157. The van der Waals surface area contributed by atoms with Gasteiger partial charge in [-0.15, -0.1) is 0 Å². The van der Waals surface area contributed by atoms with Crippen molar-refractivity contribution in [1.29, 1.82) is 5.26 Å². The van der Waals surface area contributed by atoms with Gasteiger partial charge < -0.3 is 14.4 Å². The van der Waals surface area contributed by atoms with Gasteiger partial charge in [-0.25, -0.2) is 0 Å². The van der Waals surface area contributed by atoms with Crippen molar-refractivity contribution in [3.8, 4) is 17.6 Å². The quantitative estimate of drug-likeness (QED) is 0.478. The maximum atomic E-state index is 13.3. The maximum absolute atomic E-state index is 13.3. The lowest BCUT2D eigenvalue weighted by Crippen LogP contribution is -2.43. The van der Waals surface area contributed by atoms with Crippen molar-refractivity contribution in [2.75, 3.05) is 39.8 Å². The molecule has 2 aromatic rings. The Morgan fingerprint density at radius 3 is 2.24 bits per heavy atom. The zero-order valence-corrected chi connectivity index (χ0v) is 19.5. The first-order valence-corrected chi connectivity index (χ1v) is 10.5. The van der Waals surface area contributed by atoms with E-state index in [1.54, 1.807) is 33.3 Å². The maximum Gasteiger partial charge on any atom is 0.271 e. The number of methoxy groups -OCH3 is 2. The monoisotopic (exact) mass is 445 g/mol. The summed E-state index contributed by atoms with van der Waals surface area (Å²) in [6.07, 6.45) is 2.14. The van der Waals surface area contributed by atoms with Gasteiger partial charge in [-0.3, -0.25) is 14.5 Å². The Morgan fingerprint density at radius 1 is 1.00 bits per heavy atom. The molecule has 0 atom stereocenters. The van der Waals surface area contributed by atoms with Crippen LogP contribution in [0.2, 0.25) is 0 Å². The second-order valence-electron chi connectivity index (χ2n) is 7.86. The van der Waals surface area contributed by atoms with Gasteiger partial charge in [0.2, 0.25) is 0 Å². The molecule has 3 rings (SSSR count). The van der Waals surface area contributed by atoms with Gasteiger partial charge in [0.15, 0.2) is 11.5 Å². The number of carbonyl (C=O) groups is 2. The molecule has 0 spiro atoms.